The third-order valence-electron chi connectivity index (χ3n) is 6.09. The Hall–Kier alpha value is -0.240. The highest BCUT2D eigenvalue weighted by atomic mass is 35.5. The first-order valence-electron chi connectivity index (χ1n) is 9.43. The summed E-state index contributed by atoms with van der Waals surface area (Å²) in [6.45, 7) is 10.9. The predicted molar refractivity (Wildman–Crippen MR) is 105 cm³/mol. The van der Waals surface area contributed by atoms with Crippen molar-refractivity contribution in [2.45, 2.75) is 59.3 Å². The van der Waals surface area contributed by atoms with Crippen molar-refractivity contribution in [3.63, 3.8) is 0 Å². The molecule has 1 unspecified atom stereocenters. The second-order valence-electron chi connectivity index (χ2n) is 9.23. The fourth-order valence-corrected chi connectivity index (χ4v) is 4.84. The van der Waals surface area contributed by atoms with Crippen LogP contribution in [0.3, 0.4) is 0 Å². The van der Waals surface area contributed by atoms with Crippen LogP contribution in [0, 0.1) is 16.7 Å². The van der Waals surface area contributed by atoms with E-state index in [1.54, 1.807) is 0 Å². The highest BCUT2D eigenvalue weighted by Crippen LogP contribution is 2.61. The third kappa shape index (κ3) is 4.90. The van der Waals surface area contributed by atoms with Gasteiger partial charge in [-0.3, -0.25) is 0 Å². The summed E-state index contributed by atoms with van der Waals surface area (Å²) in [7, 11) is 0. The molecule has 1 saturated heterocycles. The lowest BCUT2D eigenvalue weighted by molar-refractivity contribution is 0.145. The molecule has 1 spiro atoms. The van der Waals surface area contributed by atoms with Crippen LogP contribution in [-0.4, -0.2) is 24.5 Å². The van der Waals surface area contributed by atoms with Crippen LogP contribution < -0.4 is 0 Å². The number of piperidine rings is 1. The van der Waals surface area contributed by atoms with E-state index in [0.29, 0.717) is 10.8 Å². The highest BCUT2D eigenvalue weighted by Gasteiger charge is 2.53. The Labute approximate surface area is 157 Å². The zero-order chi connectivity index (χ0) is 17.4. The Kier molecular flexibility index (Phi) is 5.54. The molecule has 3 rings (SSSR count). The zero-order valence-corrected chi connectivity index (χ0v) is 16.9. The lowest BCUT2D eigenvalue weighted by Gasteiger charge is -2.34. The van der Waals surface area contributed by atoms with Gasteiger partial charge in [-0.15, -0.1) is 0 Å². The number of halogens is 2. The fourth-order valence-electron chi connectivity index (χ4n) is 4.26. The van der Waals surface area contributed by atoms with Crippen LogP contribution in [0.5, 0.6) is 0 Å². The molecule has 1 aliphatic carbocycles. The zero-order valence-electron chi connectivity index (χ0n) is 15.4. The Morgan fingerprint density at radius 2 is 1.71 bits per heavy atom. The quantitative estimate of drug-likeness (QED) is 0.576. The van der Waals surface area contributed by atoms with Gasteiger partial charge < -0.3 is 4.90 Å². The molecule has 0 bridgehead atoms. The van der Waals surface area contributed by atoms with Crippen molar-refractivity contribution in [1.29, 1.82) is 0 Å². The van der Waals surface area contributed by atoms with Gasteiger partial charge in [-0.05, 0) is 98.7 Å². The summed E-state index contributed by atoms with van der Waals surface area (Å²) in [6, 6.07) is 5.95. The second-order valence-corrected chi connectivity index (χ2v) is 10.1. The van der Waals surface area contributed by atoms with E-state index in [2.05, 4.69) is 37.8 Å². The fraction of sp³-hybridized carbons (Fsp3) is 0.714. The van der Waals surface area contributed by atoms with E-state index in [1.807, 2.05) is 6.07 Å². The van der Waals surface area contributed by atoms with Gasteiger partial charge in [0.2, 0.25) is 0 Å². The maximum absolute atomic E-state index is 6.11. The molecule has 2 fully saturated rings. The number of likely N-dealkylation sites (tertiary alicyclic amines) is 1. The van der Waals surface area contributed by atoms with E-state index in [4.69, 9.17) is 23.2 Å². The van der Waals surface area contributed by atoms with Crippen molar-refractivity contribution in [2.75, 3.05) is 19.6 Å². The van der Waals surface area contributed by atoms with E-state index in [0.717, 1.165) is 22.4 Å². The van der Waals surface area contributed by atoms with Crippen molar-refractivity contribution in [2.24, 2.45) is 16.7 Å². The maximum atomic E-state index is 6.11. The Bertz CT molecular complexity index is 547. The molecule has 0 amide bonds. The molecular weight excluding hydrogens is 337 g/mol. The van der Waals surface area contributed by atoms with Crippen LogP contribution in [0.4, 0.5) is 0 Å². The predicted octanol–water partition coefficient (Wildman–Crippen LogP) is 6.46. The molecule has 134 valence electrons. The van der Waals surface area contributed by atoms with Gasteiger partial charge in [0.05, 0.1) is 0 Å². The number of hydrogen-bond donors (Lipinski definition) is 0. The van der Waals surface area contributed by atoms with Gasteiger partial charge in [-0.2, -0.15) is 0 Å². The first-order valence-corrected chi connectivity index (χ1v) is 10.2. The highest BCUT2D eigenvalue weighted by molar-refractivity contribution is 6.34. The third-order valence-corrected chi connectivity index (χ3v) is 6.53. The van der Waals surface area contributed by atoms with Gasteiger partial charge in [0.1, 0.15) is 0 Å². The summed E-state index contributed by atoms with van der Waals surface area (Å²) < 4.78 is 0. The van der Waals surface area contributed by atoms with Crippen molar-refractivity contribution in [1.82, 2.24) is 4.90 Å². The summed E-state index contributed by atoms with van der Waals surface area (Å²) >= 11 is 12.2. The molecule has 0 radical (unpaired) electrons. The first-order chi connectivity index (χ1) is 11.3. The van der Waals surface area contributed by atoms with Gasteiger partial charge in [0.25, 0.3) is 0 Å². The Morgan fingerprint density at radius 3 is 2.29 bits per heavy atom. The van der Waals surface area contributed by atoms with Gasteiger partial charge in [0, 0.05) is 10.0 Å². The number of rotatable bonds is 5. The van der Waals surface area contributed by atoms with Crippen molar-refractivity contribution in [3.05, 3.63) is 33.8 Å². The molecule has 1 heterocycles. The lowest BCUT2D eigenvalue weighted by Crippen LogP contribution is -2.37. The first kappa shape index (κ1) is 18.5. The summed E-state index contributed by atoms with van der Waals surface area (Å²) in [5.41, 5.74) is 2.41. The minimum absolute atomic E-state index is 0.454. The van der Waals surface area contributed by atoms with Gasteiger partial charge >= 0.3 is 0 Å². The standard InChI is InChI=1S/C21H31Cl2N/c1-20(2,3)6-9-24-10-7-21(8-11-24)15-17(21)5-4-16-12-18(22)14-19(23)13-16/h12-14,17H,4-11,15H2,1-3H3. The lowest BCUT2D eigenvalue weighted by atomic mass is 9.87. The molecule has 2 aliphatic rings. The summed E-state index contributed by atoms with van der Waals surface area (Å²) in [6.07, 6.45) is 7.95. The molecule has 0 N–H and O–H groups in total. The van der Waals surface area contributed by atoms with Crippen molar-refractivity contribution in [3.8, 4) is 0 Å². The van der Waals surface area contributed by atoms with E-state index >= 15 is 0 Å². The van der Waals surface area contributed by atoms with Crippen LogP contribution in [0.1, 0.15) is 58.4 Å². The molecule has 1 saturated carbocycles. The molecule has 1 nitrogen and oxygen atoms in total. The smallest absolute Gasteiger partial charge is 0.0423 e. The van der Waals surface area contributed by atoms with Crippen molar-refractivity contribution >= 4 is 23.2 Å². The minimum Gasteiger partial charge on any atom is -0.303 e. The average molecular weight is 368 g/mol. The molecule has 1 atom stereocenters. The SMILES string of the molecule is CC(C)(C)CCN1CCC2(CC1)CC2CCc1cc(Cl)cc(Cl)c1. The average Bonchev–Trinajstić information content (AvgIpc) is 3.15. The Balaban J connectivity index is 1.42. The molecule has 0 aromatic heterocycles. The van der Waals surface area contributed by atoms with E-state index in [1.165, 1.54) is 57.3 Å². The van der Waals surface area contributed by atoms with Gasteiger partial charge in [-0.25, -0.2) is 0 Å². The van der Waals surface area contributed by atoms with Crippen molar-refractivity contribution < 1.29 is 0 Å². The number of hydrogen-bond acceptors (Lipinski definition) is 1. The number of nitrogens with zero attached hydrogens (tertiary/aromatic N) is 1. The summed E-state index contributed by atoms with van der Waals surface area (Å²) in [5, 5.41) is 1.52. The number of aryl methyl sites for hydroxylation is 1. The summed E-state index contributed by atoms with van der Waals surface area (Å²) in [4.78, 5) is 2.68. The molecule has 1 aromatic carbocycles. The van der Waals surface area contributed by atoms with E-state index < -0.39 is 0 Å². The van der Waals surface area contributed by atoms with E-state index in [-0.39, 0.29) is 0 Å². The second kappa shape index (κ2) is 7.17. The van der Waals surface area contributed by atoms with Crippen LogP contribution in [0.2, 0.25) is 10.0 Å². The number of benzene rings is 1. The topological polar surface area (TPSA) is 3.24 Å². The van der Waals surface area contributed by atoms with Crippen LogP contribution in [0.15, 0.2) is 18.2 Å². The minimum atomic E-state index is 0.454. The largest absolute Gasteiger partial charge is 0.303 e. The Morgan fingerprint density at radius 1 is 1.08 bits per heavy atom. The normalized spacial score (nSPS) is 23.6. The van der Waals surface area contributed by atoms with E-state index in [9.17, 15) is 0 Å². The monoisotopic (exact) mass is 367 g/mol. The molecule has 3 heteroatoms. The van der Waals surface area contributed by atoms with Gasteiger partial charge in [-0.1, -0.05) is 44.0 Å². The molecule has 1 aromatic rings. The van der Waals surface area contributed by atoms with Crippen LogP contribution >= 0.6 is 23.2 Å². The van der Waals surface area contributed by atoms with Crippen LogP contribution in [0.25, 0.3) is 0 Å². The molecule has 24 heavy (non-hydrogen) atoms. The maximum Gasteiger partial charge on any atom is 0.0423 e. The summed E-state index contributed by atoms with van der Waals surface area (Å²) in [5.74, 6) is 0.917. The van der Waals surface area contributed by atoms with Crippen LogP contribution in [-0.2, 0) is 6.42 Å². The molecular formula is C21H31Cl2N. The van der Waals surface area contributed by atoms with Gasteiger partial charge in [0.15, 0.2) is 0 Å². The molecule has 1 aliphatic heterocycles.